The quantitative estimate of drug-likeness (QED) is 0.654. The summed E-state index contributed by atoms with van der Waals surface area (Å²) in [6, 6.07) is 1.52. The van der Waals surface area contributed by atoms with E-state index in [9.17, 15) is 17.6 Å². The fourth-order valence-electron chi connectivity index (χ4n) is 1.59. The lowest BCUT2D eigenvalue weighted by molar-refractivity contribution is 0.459. The van der Waals surface area contributed by atoms with Crippen LogP contribution in [0.2, 0.25) is 0 Å². The number of hydrogen-bond acceptors (Lipinski definition) is 4. The largest absolute Gasteiger partial charge is 0.370 e. The summed E-state index contributed by atoms with van der Waals surface area (Å²) in [5.74, 6) is -5.59. The minimum Gasteiger partial charge on any atom is -0.370 e. The van der Waals surface area contributed by atoms with Gasteiger partial charge in [-0.05, 0) is 6.42 Å². The van der Waals surface area contributed by atoms with Crippen LogP contribution in [-0.4, -0.2) is 16.5 Å². The Hall–Kier alpha value is -2.38. The summed E-state index contributed by atoms with van der Waals surface area (Å²) in [5.41, 5.74) is -0.937. The van der Waals surface area contributed by atoms with Crippen LogP contribution in [0.25, 0.3) is 0 Å². The highest BCUT2D eigenvalue weighted by Crippen LogP contribution is 2.27. The maximum Gasteiger partial charge on any atom is 0.185 e. The fourth-order valence-corrected chi connectivity index (χ4v) is 1.59. The molecule has 2 aromatic rings. The molecule has 0 saturated heterocycles. The molecule has 0 spiro atoms. The van der Waals surface area contributed by atoms with E-state index in [0.29, 0.717) is 12.4 Å². The van der Waals surface area contributed by atoms with Crippen molar-refractivity contribution >= 4 is 17.3 Å². The molecule has 0 aliphatic carbocycles. The molecule has 1 heterocycles. The zero-order valence-electron chi connectivity index (χ0n) is 11.1. The van der Waals surface area contributed by atoms with E-state index in [-0.39, 0.29) is 11.9 Å². The average molecular weight is 300 g/mol. The molecule has 0 unspecified atom stereocenters. The smallest absolute Gasteiger partial charge is 0.185 e. The van der Waals surface area contributed by atoms with Gasteiger partial charge in [0.25, 0.3) is 0 Å². The average Bonchev–Trinajstić information content (AvgIpc) is 2.48. The van der Waals surface area contributed by atoms with Gasteiger partial charge in [-0.3, -0.25) is 0 Å². The highest BCUT2D eigenvalue weighted by atomic mass is 19.2. The standard InChI is InChI=1S/C13H12F4N4/c1-2-3-18-9-5-10(20-6-19-9)21-13-11(16)7(14)4-8(15)12(13)17/h4-6H,2-3H2,1H3,(H2,18,19,20,21). The first kappa shape index (κ1) is 15.0. The van der Waals surface area contributed by atoms with E-state index in [1.54, 1.807) is 0 Å². The lowest BCUT2D eigenvalue weighted by Crippen LogP contribution is -2.06. The maximum atomic E-state index is 13.5. The molecule has 0 radical (unpaired) electrons. The summed E-state index contributed by atoms with van der Waals surface area (Å²) in [4.78, 5) is 7.64. The van der Waals surface area contributed by atoms with E-state index >= 15 is 0 Å². The third-order valence-electron chi connectivity index (χ3n) is 2.59. The molecule has 0 atom stereocenters. The van der Waals surface area contributed by atoms with Crippen molar-refractivity contribution in [2.45, 2.75) is 13.3 Å². The van der Waals surface area contributed by atoms with Crippen molar-refractivity contribution in [1.82, 2.24) is 9.97 Å². The zero-order chi connectivity index (χ0) is 15.4. The van der Waals surface area contributed by atoms with Crippen molar-refractivity contribution in [3.63, 3.8) is 0 Å². The molecule has 2 N–H and O–H groups in total. The highest BCUT2D eigenvalue weighted by Gasteiger charge is 2.19. The summed E-state index contributed by atoms with van der Waals surface area (Å²) in [6.45, 7) is 2.60. The minimum absolute atomic E-state index is 0.00593. The molecule has 0 aliphatic heterocycles. The third-order valence-corrected chi connectivity index (χ3v) is 2.59. The highest BCUT2D eigenvalue weighted by molar-refractivity contribution is 5.60. The number of aromatic nitrogens is 2. The van der Waals surface area contributed by atoms with Crippen molar-refractivity contribution in [2.24, 2.45) is 0 Å². The van der Waals surface area contributed by atoms with Crippen molar-refractivity contribution in [1.29, 1.82) is 0 Å². The zero-order valence-corrected chi connectivity index (χ0v) is 11.1. The molecular weight excluding hydrogens is 288 g/mol. The van der Waals surface area contributed by atoms with Gasteiger partial charge in [-0.1, -0.05) is 6.92 Å². The Labute approximate surface area is 118 Å². The number of benzene rings is 1. The van der Waals surface area contributed by atoms with Gasteiger partial charge in [0.15, 0.2) is 23.3 Å². The van der Waals surface area contributed by atoms with Gasteiger partial charge in [0.1, 0.15) is 23.7 Å². The Bertz CT molecular complexity index is 622. The van der Waals surface area contributed by atoms with Crippen LogP contribution in [0.4, 0.5) is 34.9 Å². The Balaban J connectivity index is 2.30. The Morgan fingerprint density at radius 3 is 2.19 bits per heavy atom. The Morgan fingerprint density at radius 2 is 1.57 bits per heavy atom. The number of hydrogen-bond donors (Lipinski definition) is 2. The second kappa shape index (κ2) is 6.38. The maximum absolute atomic E-state index is 13.5. The van der Waals surface area contributed by atoms with Crippen molar-refractivity contribution in [2.75, 3.05) is 17.2 Å². The molecule has 4 nitrogen and oxygen atoms in total. The van der Waals surface area contributed by atoms with Crippen LogP contribution in [0.1, 0.15) is 13.3 Å². The molecule has 1 aromatic carbocycles. The molecular formula is C13H12F4N4. The number of rotatable bonds is 5. The second-order valence-electron chi connectivity index (χ2n) is 4.18. The van der Waals surface area contributed by atoms with E-state index in [1.807, 2.05) is 6.92 Å². The van der Waals surface area contributed by atoms with Gasteiger partial charge >= 0.3 is 0 Å². The Kier molecular flexibility index (Phi) is 4.56. The fraction of sp³-hybridized carbons (Fsp3) is 0.231. The third kappa shape index (κ3) is 3.39. The number of anilines is 3. The van der Waals surface area contributed by atoms with Crippen LogP contribution in [-0.2, 0) is 0 Å². The predicted molar refractivity (Wildman–Crippen MR) is 70.4 cm³/mol. The van der Waals surface area contributed by atoms with Gasteiger partial charge in [-0.15, -0.1) is 0 Å². The molecule has 21 heavy (non-hydrogen) atoms. The Morgan fingerprint density at radius 1 is 0.952 bits per heavy atom. The first-order valence-corrected chi connectivity index (χ1v) is 6.18. The first-order valence-electron chi connectivity index (χ1n) is 6.18. The molecule has 0 aliphatic rings. The molecule has 112 valence electrons. The lowest BCUT2D eigenvalue weighted by atomic mass is 10.2. The molecule has 1 aromatic heterocycles. The first-order chi connectivity index (χ1) is 10.0. The van der Waals surface area contributed by atoms with Gasteiger partial charge in [-0.25, -0.2) is 27.5 Å². The van der Waals surface area contributed by atoms with Crippen LogP contribution in [0.5, 0.6) is 0 Å². The number of nitrogens with zero attached hydrogens (tertiary/aromatic N) is 2. The summed E-state index contributed by atoms with van der Waals surface area (Å²) in [6.07, 6.45) is 2.01. The van der Waals surface area contributed by atoms with Gasteiger partial charge in [-0.2, -0.15) is 0 Å². The van der Waals surface area contributed by atoms with Crippen molar-refractivity contribution in [3.05, 3.63) is 41.7 Å². The van der Waals surface area contributed by atoms with Gasteiger partial charge in [0, 0.05) is 18.7 Å². The lowest BCUT2D eigenvalue weighted by Gasteiger charge is -2.10. The summed E-state index contributed by atoms with van der Waals surface area (Å²) >= 11 is 0. The van der Waals surface area contributed by atoms with E-state index in [2.05, 4.69) is 20.6 Å². The minimum atomic E-state index is -1.52. The van der Waals surface area contributed by atoms with Crippen molar-refractivity contribution < 1.29 is 17.6 Å². The van der Waals surface area contributed by atoms with Gasteiger partial charge in [0.2, 0.25) is 0 Å². The SMILES string of the molecule is CCCNc1cc(Nc2c(F)c(F)cc(F)c2F)ncn1. The topological polar surface area (TPSA) is 49.8 Å². The van der Waals surface area contributed by atoms with Crippen LogP contribution in [0, 0.1) is 23.3 Å². The van der Waals surface area contributed by atoms with E-state index in [1.165, 1.54) is 6.07 Å². The molecule has 0 saturated carbocycles. The van der Waals surface area contributed by atoms with E-state index in [4.69, 9.17) is 0 Å². The monoisotopic (exact) mass is 300 g/mol. The number of nitrogens with one attached hydrogen (secondary N) is 2. The van der Waals surface area contributed by atoms with E-state index in [0.717, 1.165) is 12.7 Å². The summed E-state index contributed by atoms with van der Waals surface area (Å²) in [5, 5.41) is 5.16. The summed E-state index contributed by atoms with van der Waals surface area (Å²) < 4.78 is 53.3. The molecule has 0 fully saturated rings. The molecule has 8 heteroatoms. The molecule has 2 rings (SSSR count). The van der Waals surface area contributed by atoms with Crippen LogP contribution >= 0.6 is 0 Å². The van der Waals surface area contributed by atoms with Crippen LogP contribution < -0.4 is 10.6 Å². The van der Waals surface area contributed by atoms with Crippen LogP contribution in [0.3, 0.4) is 0 Å². The van der Waals surface area contributed by atoms with Crippen LogP contribution in [0.15, 0.2) is 18.5 Å². The predicted octanol–water partition coefficient (Wildman–Crippen LogP) is 3.60. The van der Waals surface area contributed by atoms with Gasteiger partial charge in [0.05, 0.1) is 0 Å². The van der Waals surface area contributed by atoms with E-state index < -0.39 is 29.0 Å². The summed E-state index contributed by atoms with van der Waals surface area (Å²) in [7, 11) is 0. The number of halogens is 4. The van der Waals surface area contributed by atoms with Gasteiger partial charge < -0.3 is 10.6 Å². The molecule has 0 amide bonds. The normalized spacial score (nSPS) is 10.5. The van der Waals surface area contributed by atoms with Crippen molar-refractivity contribution in [3.8, 4) is 0 Å². The molecule has 0 bridgehead atoms. The second-order valence-corrected chi connectivity index (χ2v) is 4.18.